The highest BCUT2D eigenvalue weighted by Crippen LogP contribution is 1.94. The molecule has 64 valence electrons. The average molecular weight is 154 g/mol. The second-order valence-corrected chi connectivity index (χ2v) is 2.95. The molecule has 0 heterocycles. The second kappa shape index (κ2) is 6.21. The van der Waals surface area contributed by atoms with E-state index in [0.29, 0.717) is 6.54 Å². The molecule has 0 aliphatic carbocycles. The lowest BCUT2D eigenvalue weighted by Gasteiger charge is -2.18. The third-order valence-electron chi connectivity index (χ3n) is 1.57. The molecule has 0 aromatic carbocycles. The maximum Gasteiger partial charge on any atom is 0.0596 e. The summed E-state index contributed by atoms with van der Waals surface area (Å²) in [7, 11) is 2.00. The lowest BCUT2D eigenvalue weighted by atomic mass is 10.2. The van der Waals surface area contributed by atoms with Crippen LogP contribution >= 0.6 is 0 Å². The summed E-state index contributed by atoms with van der Waals surface area (Å²) in [6.07, 6.45) is 7.37. The topological polar surface area (TPSA) is 29.3 Å². The quantitative estimate of drug-likeness (QED) is 0.590. The van der Waals surface area contributed by atoms with Crippen molar-refractivity contribution in [2.45, 2.75) is 25.8 Å². The zero-order valence-corrected chi connectivity index (χ0v) is 7.51. The first-order chi connectivity index (χ1) is 5.20. The number of terminal acetylenes is 1. The molecule has 1 unspecified atom stereocenters. The summed E-state index contributed by atoms with van der Waals surface area (Å²) in [4.78, 5) is 2.07. The van der Waals surface area contributed by atoms with Crippen molar-refractivity contribution >= 4 is 0 Å². The smallest absolute Gasteiger partial charge is 0.0596 e. The first-order valence-corrected chi connectivity index (χ1v) is 4.08. The van der Waals surface area contributed by atoms with Crippen molar-refractivity contribution in [3.8, 4) is 12.3 Å². The molecule has 0 saturated carbocycles. The summed E-state index contributed by atoms with van der Waals surface area (Å²) in [5.74, 6) is 2.59. The van der Waals surface area contributed by atoms with Gasteiger partial charge >= 0.3 is 0 Å². The Labute approximate surface area is 69.8 Å². The Kier molecular flexibility index (Phi) is 5.91. The van der Waals surface area contributed by atoms with Crippen LogP contribution in [-0.4, -0.2) is 31.1 Å². The van der Waals surface area contributed by atoms with E-state index in [1.165, 1.54) is 0 Å². The van der Waals surface area contributed by atoms with Gasteiger partial charge in [-0.15, -0.1) is 6.42 Å². The van der Waals surface area contributed by atoms with Crippen molar-refractivity contribution in [2.24, 2.45) is 5.73 Å². The molecule has 0 rings (SSSR count). The van der Waals surface area contributed by atoms with Gasteiger partial charge in [-0.3, -0.25) is 4.90 Å². The van der Waals surface area contributed by atoms with Gasteiger partial charge in [0, 0.05) is 12.6 Å². The molecule has 2 N–H and O–H groups in total. The van der Waals surface area contributed by atoms with Gasteiger partial charge in [-0.05, 0) is 13.5 Å². The first-order valence-electron chi connectivity index (χ1n) is 4.08. The highest BCUT2D eigenvalue weighted by molar-refractivity contribution is 4.87. The molecule has 0 aliphatic rings. The molecule has 0 fully saturated rings. The molecule has 0 aliphatic heterocycles. The Morgan fingerprint density at radius 3 is 2.73 bits per heavy atom. The lowest BCUT2D eigenvalue weighted by molar-refractivity contribution is 0.337. The van der Waals surface area contributed by atoms with Crippen LogP contribution in [0.2, 0.25) is 0 Å². The van der Waals surface area contributed by atoms with E-state index in [1.54, 1.807) is 0 Å². The van der Waals surface area contributed by atoms with Crippen LogP contribution in [-0.2, 0) is 0 Å². The average Bonchev–Trinajstić information content (AvgIpc) is 1.87. The summed E-state index contributed by atoms with van der Waals surface area (Å²) < 4.78 is 0. The summed E-state index contributed by atoms with van der Waals surface area (Å²) >= 11 is 0. The van der Waals surface area contributed by atoms with E-state index < -0.39 is 0 Å². The van der Waals surface area contributed by atoms with Crippen molar-refractivity contribution < 1.29 is 0 Å². The van der Waals surface area contributed by atoms with E-state index in [9.17, 15) is 0 Å². The molecular weight excluding hydrogens is 136 g/mol. The molecule has 1 atom stereocenters. The Balaban J connectivity index is 3.41. The molecule has 0 aromatic heterocycles. The van der Waals surface area contributed by atoms with Crippen molar-refractivity contribution in [1.29, 1.82) is 0 Å². The van der Waals surface area contributed by atoms with Crippen LogP contribution < -0.4 is 5.73 Å². The van der Waals surface area contributed by atoms with Crippen LogP contribution in [0.3, 0.4) is 0 Å². The van der Waals surface area contributed by atoms with Crippen LogP contribution in [0, 0.1) is 12.3 Å². The minimum atomic E-state index is 0.276. The van der Waals surface area contributed by atoms with Crippen LogP contribution in [0.1, 0.15) is 19.8 Å². The van der Waals surface area contributed by atoms with E-state index in [1.807, 2.05) is 7.05 Å². The summed E-state index contributed by atoms with van der Waals surface area (Å²) in [6, 6.07) is 0.276. The minimum absolute atomic E-state index is 0.276. The monoisotopic (exact) mass is 154 g/mol. The van der Waals surface area contributed by atoms with Crippen LogP contribution in [0.15, 0.2) is 0 Å². The standard InChI is InChI=1S/C9H18N2/c1-4-6-9(10)8-11(3)7-5-2/h2,9H,4,6-8,10H2,1,3H3. The number of nitrogens with two attached hydrogens (primary N) is 1. The summed E-state index contributed by atoms with van der Waals surface area (Å²) in [5, 5.41) is 0. The molecule has 0 saturated heterocycles. The summed E-state index contributed by atoms with van der Waals surface area (Å²) in [6.45, 7) is 3.73. The Morgan fingerprint density at radius 2 is 2.27 bits per heavy atom. The zero-order chi connectivity index (χ0) is 8.69. The molecule has 11 heavy (non-hydrogen) atoms. The third-order valence-corrected chi connectivity index (χ3v) is 1.57. The number of nitrogens with zero attached hydrogens (tertiary/aromatic N) is 1. The van der Waals surface area contributed by atoms with Gasteiger partial charge < -0.3 is 5.73 Å². The van der Waals surface area contributed by atoms with Gasteiger partial charge in [-0.2, -0.15) is 0 Å². The normalized spacial score (nSPS) is 13.0. The van der Waals surface area contributed by atoms with E-state index in [-0.39, 0.29) is 6.04 Å². The fourth-order valence-electron chi connectivity index (χ4n) is 1.08. The van der Waals surface area contributed by atoms with Gasteiger partial charge in [0.05, 0.1) is 6.54 Å². The molecule has 2 nitrogen and oxygen atoms in total. The van der Waals surface area contributed by atoms with Gasteiger partial charge in [0.25, 0.3) is 0 Å². The largest absolute Gasteiger partial charge is 0.327 e. The molecular formula is C9H18N2. The second-order valence-electron chi connectivity index (χ2n) is 2.95. The Bertz CT molecular complexity index is 126. The number of hydrogen-bond donors (Lipinski definition) is 1. The molecule has 0 bridgehead atoms. The van der Waals surface area contributed by atoms with E-state index in [2.05, 4.69) is 17.7 Å². The number of hydrogen-bond acceptors (Lipinski definition) is 2. The van der Waals surface area contributed by atoms with Crippen molar-refractivity contribution in [2.75, 3.05) is 20.1 Å². The Morgan fingerprint density at radius 1 is 1.64 bits per heavy atom. The highest BCUT2D eigenvalue weighted by atomic mass is 15.1. The zero-order valence-electron chi connectivity index (χ0n) is 7.51. The molecule has 0 radical (unpaired) electrons. The van der Waals surface area contributed by atoms with Crippen LogP contribution in [0.5, 0.6) is 0 Å². The first kappa shape index (κ1) is 10.5. The fourth-order valence-corrected chi connectivity index (χ4v) is 1.08. The van der Waals surface area contributed by atoms with E-state index in [0.717, 1.165) is 19.4 Å². The van der Waals surface area contributed by atoms with Crippen molar-refractivity contribution in [3.63, 3.8) is 0 Å². The molecule has 0 aromatic rings. The predicted molar refractivity (Wildman–Crippen MR) is 49.2 cm³/mol. The van der Waals surface area contributed by atoms with Crippen LogP contribution in [0.4, 0.5) is 0 Å². The molecule has 0 spiro atoms. The van der Waals surface area contributed by atoms with Crippen molar-refractivity contribution in [3.05, 3.63) is 0 Å². The van der Waals surface area contributed by atoms with Gasteiger partial charge in [0.15, 0.2) is 0 Å². The minimum Gasteiger partial charge on any atom is -0.327 e. The van der Waals surface area contributed by atoms with Gasteiger partial charge in [0.2, 0.25) is 0 Å². The molecule has 0 amide bonds. The lowest BCUT2D eigenvalue weighted by Crippen LogP contribution is -2.35. The Hall–Kier alpha value is -0.520. The van der Waals surface area contributed by atoms with Crippen LogP contribution in [0.25, 0.3) is 0 Å². The highest BCUT2D eigenvalue weighted by Gasteiger charge is 2.03. The van der Waals surface area contributed by atoms with Gasteiger partial charge in [0.1, 0.15) is 0 Å². The SMILES string of the molecule is C#CCN(C)CC(N)CCC. The molecule has 2 heteroatoms. The van der Waals surface area contributed by atoms with E-state index in [4.69, 9.17) is 12.2 Å². The maximum atomic E-state index is 5.81. The van der Waals surface area contributed by atoms with Gasteiger partial charge in [-0.25, -0.2) is 0 Å². The number of likely N-dealkylation sites (N-methyl/N-ethyl adjacent to an activating group) is 1. The number of rotatable bonds is 5. The third kappa shape index (κ3) is 5.90. The van der Waals surface area contributed by atoms with Crippen molar-refractivity contribution in [1.82, 2.24) is 4.90 Å². The predicted octanol–water partition coefficient (Wildman–Crippen LogP) is 0.679. The van der Waals surface area contributed by atoms with E-state index >= 15 is 0 Å². The fraction of sp³-hybridized carbons (Fsp3) is 0.778. The van der Waals surface area contributed by atoms with Gasteiger partial charge in [-0.1, -0.05) is 19.3 Å². The summed E-state index contributed by atoms with van der Waals surface area (Å²) in [5.41, 5.74) is 5.81. The maximum absolute atomic E-state index is 5.81.